The molecule has 1 N–H and O–H groups in total. The quantitative estimate of drug-likeness (QED) is 0.843. The zero-order chi connectivity index (χ0) is 11.5. The Balaban J connectivity index is 1.73. The number of benzene rings is 1. The molecule has 3 nitrogen and oxygen atoms in total. The Morgan fingerprint density at radius 3 is 3.06 bits per heavy atom. The van der Waals surface area contributed by atoms with E-state index in [9.17, 15) is 0 Å². The smallest absolute Gasteiger partial charge is 0.285 e. The van der Waals surface area contributed by atoms with Crippen LogP contribution in [0.1, 0.15) is 29.5 Å². The number of rotatable bonds is 2. The summed E-state index contributed by atoms with van der Waals surface area (Å²) in [5, 5.41) is 3.28. The van der Waals surface area contributed by atoms with E-state index >= 15 is 0 Å². The van der Waals surface area contributed by atoms with Gasteiger partial charge in [-0.15, -0.1) is 0 Å². The highest BCUT2D eigenvalue weighted by Gasteiger charge is 2.13. The Bertz CT molecular complexity index is 440. The number of amidine groups is 1. The van der Waals surface area contributed by atoms with Gasteiger partial charge in [-0.3, -0.25) is 0 Å². The summed E-state index contributed by atoms with van der Waals surface area (Å²) in [6.07, 6.45) is 5.11. The summed E-state index contributed by atoms with van der Waals surface area (Å²) < 4.78 is 5.36. The minimum atomic E-state index is 0.707. The van der Waals surface area contributed by atoms with Crippen molar-refractivity contribution in [1.29, 1.82) is 0 Å². The van der Waals surface area contributed by atoms with E-state index in [2.05, 4.69) is 28.5 Å². The van der Waals surface area contributed by atoms with Gasteiger partial charge in [-0.1, -0.05) is 18.2 Å². The second-order valence-electron chi connectivity index (χ2n) is 4.65. The fourth-order valence-electron chi connectivity index (χ4n) is 2.64. The maximum Gasteiger partial charge on any atom is 0.285 e. The van der Waals surface area contributed by atoms with E-state index in [4.69, 9.17) is 4.74 Å². The van der Waals surface area contributed by atoms with Crippen LogP contribution < -0.4 is 5.32 Å². The minimum absolute atomic E-state index is 0.707. The van der Waals surface area contributed by atoms with Crippen LogP contribution in [0.3, 0.4) is 0 Å². The van der Waals surface area contributed by atoms with Crippen molar-refractivity contribution < 1.29 is 4.74 Å². The van der Waals surface area contributed by atoms with Crippen molar-refractivity contribution in [3.05, 3.63) is 34.9 Å². The highest BCUT2D eigenvalue weighted by molar-refractivity contribution is 5.74. The Kier molecular flexibility index (Phi) is 2.99. The van der Waals surface area contributed by atoms with E-state index in [0.29, 0.717) is 6.02 Å². The highest BCUT2D eigenvalue weighted by Crippen LogP contribution is 2.24. The molecular weight excluding hydrogens is 212 g/mol. The molecule has 0 aromatic heterocycles. The summed E-state index contributed by atoms with van der Waals surface area (Å²) in [4.78, 5) is 4.25. The number of hydrogen-bond acceptors (Lipinski definition) is 3. The van der Waals surface area contributed by atoms with Crippen LogP contribution in [0.15, 0.2) is 23.2 Å². The van der Waals surface area contributed by atoms with E-state index in [1.807, 2.05) is 0 Å². The van der Waals surface area contributed by atoms with E-state index in [-0.39, 0.29) is 0 Å². The lowest BCUT2D eigenvalue weighted by molar-refractivity contribution is 0.331. The summed E-state index contributed by atoms with van der Waals surface area (Å²) in [5.74, 6) is 0. The van der Waals surface area contributed by atoms with Gasteiger partial charge in [0.25, 0.3) is 6.02 Å². The molecule has 1 aliphatic carbocycles. The number of fused-ring (bicyclic) bond motifs is 1. The first kappa shape index (κ1) is 10.6. The second kappa shape index (κ2) is 4.78. The van der Waals surface area contributed by atoms with Crippen LogP contribution in [0, 0.1) is 0 Å². The van der Waals surface area contributed by atoms with Crippen LogP contribution in [0.2, 0.25) is 0 Å². The predicted octanol–water partition coefficient (Wildman–Crippen LogP) is 2.04. The molecule has 0 bridgehead atoms. The van der Waals surface area contributed by atoms with Crippen molar-refractivity contribution >= 4 is 6.02 Å². The fourth-order valence-corrected chi connectivity index (χ4v) is 2.64. The first-order valence-electron chi connectivity index (χ1n) is 6.44. The number of nitrogens with zero attached hydrogens (tertiary/aromatic N) is 1. The van der Waals surface area contributed by atoms with Gasteiger partial charge in [-0.05, 0) is 42.4 Å². The maximum absolute atomic E-state index is 5.36. The molecule has 3 heteroatoms. The molecule has 0 amide bonds. The van der Waals surface area contributed by atoms with Crippen LogP contribution in [0.5, 0.6) is 0 Å². The molecule has 1 heterocycles. The predicted molar refractivity (Wildman–Crippen MR) is 68.2 cm³/mol. The molecule has 2 aliphatic rings. The number of aryl methyl sites for hydroxylation is 1. The molecule has 1 aromatic rings. The lowest BCUT2D eigenvalue weighted by Crippen LogP contribution is -2.24. The lowest BCUT2D eigenvalue weighted by atomic mass is 9.88. The van der Waals surface area contributed by atoms with Gasteiger partial charge in [0.1, 0.15) is 6.61 Å². The number of ether oxygens (including phenoxy) is 1. The molecule has 0 saturated carbocycles. The minimum Gasteiger partial charge on any atom is -0.463 e. The van der Waals surface area contributed by atoms with Crippen LogP contribution in [-0.4, -0.2) is 19.2 Å². The van der Waals surface area contributed by atoms with Crippen LogP contribution >= 0.6 is 0 Å². The van der Waals surface area contributed by atoms with Gasteiger partial charge in [0.15, 0.2) is 0 Å². The van der Waals surface area contributed by atoms with E-state index in [1.54, 1.807) is 5.56 Å². The summed E-state index contributed by atoms with van der Waals surface area (Å²) in [5.41, 5.74) is 4.48. The van der Waals surface area contributed by atoms with Gasteiger partial charge >= 0.3 is 0 Å². The molecule has 0 unspecified atom stereocenters. The first-order chi connectivity index (χ1) is 8.43. The van der Waals surface area contributed by atoms with Gasteiger partial charge in [0.05, 0.1) is 6.54 Å². The zero-order valence-corrected chi connectivity index (χ0v) is 10.0. The lowest BCUT2D eigenvalue weighted by Gasteiger charge is -2.19. The third-order valence-corrected chi connectivity index (χ3v) is 3.51. The van der Waals surface area contributed by atoms with E-state index < -0.39 is 0 Å². The molecule has 90 valence electrons. The maximum atomic E-state index is 5.36. The van der Waals surface area contributed by atoms with Crippen molar-refractivity contribution in [1.82, 2.24) is 5.32 Å². The van der Waals surface area contributed by atoms with Crippen LogP contribution in [0.25, 0.3) is 0 Å². The largest absolute Gasteiger partial charge is 0.463 e. The van der Waals surface area contributed by atoms with Crippen molar-refractivity contribution in [2.24, 2.45) is 4.99 Å². The number of hydrogen-bond donors (Lipinski definition) is 1. The molecule has 0 radical (unpaired) electrons. The van der Waals surface area contributed by atoms with Crippen LogP contribution in [0.4, 0.5) is 0 Å². The van der Waals surface area contributed by atoms with Gasteiger partial charge in [0.2, 0.25) is 0 Å². The van der Waals surface area contributed by atoms with Crippen molar-refractivity contribution in [2.45, 2.75) is 32.2 Å². The third kappa shape index (κ3) is 2.28. The Morgan fingerprint density at radius 2 is 2.18 bits per heavy atom. The summed E-state index contributed by atoms with van der Waals surface area (Å²) in [7, 11) is 0. The molecular formula is C14H18N2O. The van der Waals surface area contributed by atoms with Gasteiger partial charge < -0.3 is 10.1 Å². The van der Waals surface area contributed by atoms with Crippen molar-refractivity contribution in [3.63, 3.8) is 0 Å². The molecule has 0 saturated heterocycles. The Labute approximate surface area is 102 Å². The van der Waals surface area contributed by atoms with E-state index in [0.717, 1.165) is 19.7 Å². The zero-order valence-electron chi connectivity index (χ0n) is 10.0. The highest BCUT2D eigenvalue weighted by atomic mass is 16.5. The molecule has 0 spiro atoms. The van der Waals surface area contributed by atoms with Gasteiger partial charge in [-0.2, -0.15) is 0 Å². The molecule has 0 fully saturated rings. The third-order valence-electron chi connectivity index (χ3n) is 3.51. The average molecular weight is 230 g/mol. The van der Waals surface area contributed by atoms with Crippen molar-refractivity contribution in [3.8, 4) is 0 Å². The Morgan fingerprint density at radius 1 is 1.24 bits per heavy atom. The molecule has 0 atom stereocenters. The summed E-state index contributed by atoms with van der Waals surface area (Å²) in [6, 6.07) is 7.35. The first-order valence-corrected chi connectivity index (χ1v) is 6.44. The van der Waals surface area contributed by atoms with E-state index in [1.165, 1.54) is 36.8 Å². The van der Waals surface area contributed by atoms with Gasteiger partial charge in [0, 0.05) is 6.54 Å². The number of nitrogens with one attached hydrogen (secondary N) is 1. The van der Waals surface area contributed by atoms with Crippen molar-refractivity contribution in [2.75, 3.05) is 13.2 Å². The normalized spacial score (nSPS) is 18.2. The molecule has 1 aromatic carbocycles. The second-order valence-corrected chi connectivity index (χ2v) is 4.65. The SMILES string of the molecule is c1cc2c(c(CNC3=NCCO3)c1)CCCC2. The Hall–Kier alpha value is -1.51. The topological polar surface area (TPSA) is 33.6 Å². The standard InChI is InChI=1S/C14H18N2O/c1-2-7-13-11(4-1)5-3-6-12(13)10-16-14-15-8-9-17-14/h3,5-6H,1-2,4,7-10H2,(H,15,16). The average Bonchev–Trinajstić information content (AvgIpc) is 2.89. The van der Waals surface area contributed by atoms with Gasteiger partial charge in [-0.25, -0.2) is 4.99 Å². The van der Waals surface area contributed by atoms with Crippen LogP contribution in [-0.2, 0) is 24.1 Å². The molecule has 1 aliphatic heterocycles. The molecule has 17 heavy (non-hydrogen) atoms. The molecule has 3 rings (SSSR count). The number of aliphatic imine (C=N–C) groups is 1. The summed E-state index contributed by atoms with van der Waals surface area (Å²) >= 11 is 0. The fraction of sp³-hybridized carbons (Fsp3) is 0.500. The monoisotopic (exact) mass is 230 g/mol. The summed E-state index contributed by atoms with van der Waals surface area (Å²) in [6.45, 7) is 2.34.